The van der Waals surface area contributed by atoms with E-state index in [9.17, 15) is 4.79 Å². The van der Waals surface area contributed by atoms with Crippen molar-refractivity contribution in [2.24, 2.45) is 0 Å². The number of ether oxygens (including phenoxy) is 1. The highest BCUT2D eigenvalue weighted by atomic mass is 35.5. The summed E-state index contributed by atoms with van der Waals surface area (Å²) in [6, 6.07) is 14.7. The molecule has 0 saturated carbocycles. The summed E-state index contributed by atoms with van der Waals surface area (Å²) >= 11 is 7.23. The van der Waals surface area contributed by atoms with Crippen LogP contribution in [0, 0.1) is 0 Å². The average Bonchev–Trinajstić information content (AvgIpc) is 3.07. The van der Waals surface area contributed by atoms with Gasteiger partial charge in [-0.25, -0.2) is 4.68 Å². The summed E-state index contributed by atoms with van der Waals surface area (Å²) < 4.78 is 6.82. The van der Waals surface area contributed by atoms with E-state index < -0.39 is 0 Å². The van der Waals surface area contributed by atoms with Crippen LogP contribution < -0.4 is 15.9 Å². The van der Waals surface area contributed by atoms with E-state index >= 15 is 0 Å². The Labute approximate surface area is 178 Å². The maximum Gasteiger partial charge on any atom is 0.230 e. The molecule has 0 aliphatic carbocycles. The standard InChI is InChI=1S/C20H22ClN5O2S/c1-3-28-17-9-7-14(8-10-17)19-24-25-20(26(19)22)29-12-18(27)23-13(2)15-5-4-6-16(21)11-15/h4-11,13H,3,12,22H2,1-2H3,(H,23,27). The first-order chi connectivity index (χ1) is 14.0. The molecule has 1 amide bonds. The third kappa shape index (κ3) is 5.42. The number of hydrogen-bond acceptors (Lipinski definition) is 6. The van der Waals surface area contributed by atoms with Gasteiger partial charge in [0.15, 0.2) is 5.82 Å². The monoisotopic (exact) mass is 431 g/mol. The zero-order valence-corrected chi connectivity index (χ0v) is 17.7. The molecule has 3 N–H and O–H groups in total. The molecule has 0 radical (unpaired) electrons. The third-order valence-electron chi connectivity index (χ3n) is 4.15. The molecule has 1 aromatic heterocycles. The van der Waals surface area contributed by atoms with E-state index in [1.807, 2.05) is 56.3 Å². The molecule has 0 bridgehead atoms. The second-order valence-electron chi connectivity index (χ2n) is 6.27. The van der Waals surface area contributed by atoms with Crippen molar-refractivity contribution in [1.82, 2.24) is 20.2 Å². The van der Waals surface area contributed by atoms with Gasteiger partial charge in [-0.1, -0.05) is 35.5 Å². The zero-order chi connectivity index (χ0) is 20.8. The molecular formula is C20H22ClN5O2S. The van der Waals surface area contributed by atoms with Crippen LogP contribution >= 0.6 is 23.4 Å². The van der Waals surface area contributed by atoms with Gasteiger partial charge >= 0.3 is 0 Å². The maximum absolute atomic E-state index is 12.3. The number of nitrogens with two attached hydrogens (primary N) is 1. The second kappa shape index (κ2) is 9.67. The van der Waals surface area contributed by atoms with Crippen molar-refractivity contribution >= 4 is 29.3 Å². The number of rotatable bonds is 8. The van der Waals surface area contributed by atoms with Crippen molar-refractivity contribution in [3.8, 4) is 17.1 Å². The molecule has 3 aromatic rings. The lowest BCUT2D eigenvalue weighted by Gasteiger charge is -2.14. The quantitative estimate of drug-likeness (QED) is 0.417. The Bertz CT molecular complexity index is 977. The molecule has 0 saturated heterocycles. The molecule has 2 aromatic carbocycles. The largest absolute Gasteiger partial charge is 0.494 e. The molecule has 3 rings (SSSR count). The molecule has 0 spiro atoms. The van der Waals surface area contributed by atoms with Crippen LogP contribution in [-0.2, 0) is 4.79 Å². The van der Waals surface area contributed by atoms with Gasteiger partial charge in [0, 0.05) is 10.6 Å². The van der Waals surface area contributed by atoms with Crippen LogP contribution in [0.25, 0.3) is 11.4 Å². The van der Waals surface area contributed by atoms with Crippen LogP contribution in [0.2, 0.25) is 5.02 Å². The average molecular weight is 432 g/mol. The van der Waals surface area contributed by atoms with Crippen molar-refractivity contribution < 1.29 is 9.53 Å². The molecular weight excluding hydrogens is 410 g/mol. The highest BCUT2D eigenvalue weighted by Crippen LogP contribution is 2.24. The summed E-state index contributed by atoms with van der Waals surface area (Å²) in [6.07, 6.45) is 0. The van der Waals surface area contributed by atoms with Gasteiger partial charge in [0.2, 0.25) is 11.1 Å². The van der Waals surface area contributed by atoms with E-state index in [1.165, 1.54) is 16.4 Å². The first kappa shape index (κ1) is 21.0. The van der Waals surface area contributed by atoms with Gasteiger partial charge < -0.3 is 15.9 Å². The number of nitrogens with zero attached hydrogens (tertiary/aromatic N) is 3. The summed E-state index contributed by atoms with van der Waals surface area (Å²) in [7, 11) is 0. The molecule has 7 nitrogen and oxygen atoms in total. The number of aromatic nitrogens is 3. The van der Waals surface area contributed by atoms with Crippen LogP contribution in [0.15, 0.2) is 53.7 Å². The van der Waals surface area contributed by atoms with Crippen LogP contribution in [0.3, 0.4) is 0 Å². The van der Waals surface area contributed by atoms with Crippen LogP contribution in [0.4, 0.5) is 0 Å². The normalized spacial score (nSPS) is 11.8. The van der Waals surface area contributed by atoms with Crippen molar-refractivity contribution in [3.05, 3.63) is 59.1 Å². The molecule has 152 valence electrons. The Morgan fingerprint density at radius 3 is 2.72 bits per heavy atom. The number of carbonyl (C=O) groups is 1. The molecule has 29 heavy (non-hydrogen) atoms. The minimum Gasteiger partial charge on any atom is -0.494 e. The number of hydrogen-bond donors (Lipinski definition) is 2. The zero-order valence-electron chi connectivity index (χ0n) is 16.1. The van der Waals surface area contributed by atoms with Gasteiger partial charge in [-0.05, 0) is 55.8 Å². The van der Waals surface area contributed by atoms with E-state index in [4.69, 9.17) is 22.2 Å². The molecule has 0 aliphatic heterocycles. The minimum atomic E-state index is -0.156. The number of amides is 1. The highest BCUT2D eigenvalue weighted by Gasteiger charge is 2.15. The number of halogens is 1. The van der Waals surface area contributed by atoms with E-state index in [2.05, 4.69) is 15.5 Å². The van der Waals surface area contributed by atoms with Crippen molar-refractivity contribution in [3.63, 3.8) is 0 Å². The maximum atomic E-state index is 12.3. The SMILES string of the molecule is CCOc1ccc(-c2nnc(SCC(=O)NC(C)c3cccc(Cl)c3)n2N)cc1. The number of thioether (sulfide) groups is 1. The minimum absolute atomic E-state index is 0.131. The van der Waals surface area contributed by atoms with Crippen molar-refractivity contribution in [1.29, 1.82) is 0 Å². The molecule has 0 fully saturated rings. The van der Waals surface area contributed by atoms with Gasteiger partial charge in [-0.15, -0.1) is 10.2 Å². The molecule has 1 unspecified atom stereocenters. The fourth-order valence-electron chi connectivity index (χ4n) is 2.71. The Morgan fingerprint density at radius 1 is 1.28 bits per heavy atom. The second-order valence-corrected chi connectivity index (χ2v) is 7.65. The fourth-order valence-corrected chi connectivity index (χ4v) is 3.58. The topological polar surface area (TPSA) is 95.1 Å². The predicted octanol–water partition coefficient (Wildman–Crippen LogP) is 3.68. The summed E-state index contributed by atoms with van der Waals surface area (Å²) in [5.41, 5.74) is 1.75. The lowest BCUT2D eigenvalue weighted by molar-refractivity contribution is -0.119. The lowest BCUT2D eigenvalue weighted by Crippen LogP contribution is -2.28. The summed E-state index contributed by atoms with van der Waals surface area (Å²) in [5.74, 6) is 7.45. The van der Waals surface area contributed by atoms with Gasteiger partial charge in [0.05, 0.1) is 18.4 Å². The van der Waals surface area contributed by atoms with E-state index in [0.717, 1.165) is 16.9 Å². The predicted molar refractivity (Wildman–Crippen MR) is 116 cm³/mol. The summed E-state index contributed by atoms with van der Waals surface area (Å²) in [4.78, 5) is 12.3. The van der Waals surface area contributed by atoms with Crippen LogP contribution in [-0.4, -0.2) is 33.1 Å². The first-order valence-corrected chi connectivity index (χ1v) is 10.5. The van der Waals surface area contributed by atoms with Crippen LogP contribution in [0.1, 0.15) is 25.5 Å². The highest BCUT2D eigenvalue weighted by molar-refractivity contribution is 7.99. The van der Waals surface area contributed by atoms with Crippen molar-refractivity contribution in [2.45, 2.75) is 25.0 Å². The Morgan fingerprint density at radius 2 is 2.03 bits per heavy atom. The number of nitrogen functional groups attached to an aromatic ring is 1. The van der Waals surface area contributed by atoms with Gasteiger partial charge in [0.25, 0.3) is 0 Å². The van der Waals surface area contributed by atoms with E-state index in [1.54, 1.807) is 6.07 Å². The van der Waals surface area contributed by atoms with Crippen LogP contribution in [0.5, 0.6) is 5.75 Å². The molecule has 0 aliphatic rings. The fraction of sp³-hybridized carbons (Fsp3) is 0.250. The van der Waals surface area contributed by atoms with E-state index in [-0.39, 0.29) is 17.7 Å². The third-order valence-corrected chi connectivity index (χ3v) is 5.32. The molecule has 1 heterocycles. The number of nitrogens with one attached hydrogen (secondary N) is 1. The van der Waals surface area contributed by atoms with Gasteiger partial charge in [0.1, 0.15) is 5.75 Å². The number of benzene rings is 2. The summed E-state index contributed by atoms with van der Waals surface area (Å²) in [5, 5.41) is 12.3. The van der Waals surface area contributed by atoms with Gasteiger partial charge in [-0.3, -0.25) is 4.79 Å². The Hall–Kier alpha value is -2.71. The number of carbonyl (C=O) groups excluding carboxylic acids is 1. The van der Waals surface area contributed by atoms with E-state index in [0.29, 0.717) is 22.6 Å². The van der Waals surface area contributed by atoms with Gasteiger partial charge in [-0.2, -0.15) is 0 Å². The lowest BCUT2D eigenvalue weighted by atomic mass is 10.1. The Balaban J connectivity index is 1.59. The molecule has 9 heteroatoms. The molecule has 1 atom stereocenters. The van der Waals surface area contributed by atoms with Crippen molar-refractivity contribution in [2.75, 3.05) is 18.2 Å². The Kier molecular flexibility index (Phi) is 7.00. The summed E-state index contributed by atoms with van der Waals surface area (Å²) in [6.45, 7) is 4.44. The smallest absolute Gasteiger partial charge is 0.230 e. The first-order valence-electron chi connectivity index (χ1n) is 9.09.